The highest BCUT2D eigenvalue weighted by Gasteiger charge is 2.35. The normalized spacial score (nSPS) is 15.7. The van der Waals surface area contributed by atoms with Crippen LogP contribution in [0.2, 0.25) is 0 Å². The molecule has 7 nitrogen and oxygen atoms in total. The molecule has 1 aromatic heterocycles. The maximum absolute atomic E-state index is 13.6. The predicted molar refractivity (Wildman–Crippen MR) is 141 cm³/mol. The second-order valence-corrected chi connectivity index (χ2v) is 11.9. The van der Waals surface area contributed by atoms with Gasteiger partial charge < -0.3 is 14.4 Å². The van der Waals surface area contributed by atoms with Crippen molar-refractivity contribution in [2.45, 2.75) is 31.2 Å². The fourth-order valence-electron chi connectivity index (χ4n) is 4.26. The molecule has 1 atom stereocenters. The Balaban J connectivity index is 1.55. The average molecular weight is 529 g/mol. The summed E-state index contributed by atoms with van der Waals surface area (Å²) >= 11 is 1.68. The molecule has 192 valence electrons. The third-order valence-electron chi connectivity index (χ3n) is 6.36. The number of hydrogen-bond donors (Lipinski definition) is 0. The molecule has 4 rings (SSSR count). The van der Waals surface area contributed by atoms with E-state index in [1.54, 1.807) is 40.5 Å². The number of carbonyl (C=O) groups is 1. The molecule has 0 saturated carbocycles. The number of ether oxygens (including phenoxy) is 2. The van der Waals surface area contributed by atoms with E-state index < -0.39 is 10.0 Å². The molecule has 0 fully saturated rings. The number of thiophene rings is 1. The van der Waals surface area contributed by atoms with Crippen molar-refractivity contribution in [2.75, 3.05) is 40.0 Å². The first-order chi connectivity index (χ1) is 17.3. The van der Waals surface area contributed by atoms with Crippen LogP contribution in [-0.4, -0.2) is 63.5 Å². The number of carbonyl (C=O) groups excluding carboxylic acids is 1. The lowest BCUT2D eigenvalue weighted by Gasteiger charge is -2.37. The van der Waals surface area contributed by atoms with Gasteiger partial charge in [0.25, 0.3) is 0 Å². The maximum atomic E-state index is 13.6. The van der Waals surface area contributed by atoms with Crippen molar-refractivity contribution < 1.29 is 22.7 Å². The quantitative estimate of drug-likeness (QED) is 0.394. The molecule has 1 aliphatic rings. The van der Waals surface area contributed by atoms with Crippen molar-refractivity contribution in [3.63, 3.8) is 0 Å². The van der Waals surface area contributed by atoms with Crippen molar-refractivity contribution in [1.82, 2.24) is 9.21 Å². The van der Waals surface area contributed by atoms with E-state index in [0.717, 1.165) is 28.9 Å². The van der Waals surface area contributed by atoms with E-state index in [1.807, 2.05) is 49.6 Å². The monoisotopic (exact) mass is 528 g/mol. The van der Waals surface area contributed by atoms with Crippen LogP contribution in [0.5, 0.6) is 5.75 Å². The van der Waals surface area contributed by atoms with Gasteiger partial charge in [0.1, 0.15) is 12.4 Å². The molecule has 0 aliphatic carbocycles. The molecule has 0 unspecified atom stereocenters. The molecule has 1 amide bonds. The smallest absolute Gasteiger partial charge is 0.243 e. The fourth-order valence-corrected chi connectivity index (χ4v) is 6.56. The Morgan fingerprint density at radius 1 is 1.06 bits per heavy atom. The molecule has 0 bridgehead atoms. The number of hydrogen-bond acceptors (Lipinski definition) is 6. The lowest BCUT2D eigenvalue weighted by atomic mass is 10.0. The van der Waals surface area contributed by atoms with Gasteiger partial charge in [-0.25, -0.2) is 8.42 Å². The van der Waals surface area contributed by atoms with Crippen LogP contribution in [0.3, 0.4) is 0 Å². The summed E-state index contributed by atoms with van der Waals surface area (Å²) in [4.78, 5) is 16.8. The number of nitrogens with zero attached hydrogens (tertiary/aromatic N) is 2. The molecule has 2 aromatic carbocycles. The van der Waals surface area contributed by atoms with Crippen LogP contribution in [0.25, 0.3) is 0 Å². The summed E-state index contributed by atoms with van der Waals surface area (Å²) < 4.78 is 39.3. The summed E-state index contributed by atoms with van der Waals surface area (Å²) in [5.74, 6) is 0.482. The van der Waals surface area contributed by atoms with Crippen LogP contribution in [0.1, 0.15) is 27.6 Å². The lowest BCUT2D eigenvalue weighted by Crippen LogP contribution is -2.48. The van der Waals surface area contributed by atoms with Crippen LogP contribution in [0, 0.1) is 13.8 Å². The Morgan fingerprint density at radius 3 is 2.39 bits per heavy atom. The summed E-state index contributed by atoms with van der Waals surface area (Å²) in [7, 11) is -2.36. The molecule has 0 radical (unpaired) electrons. The van der Waals surface area contributed by atoms with Crippen LogP contribution < -0.4 is 4.74 Å². The second-order valence-electron chi connectivity index (χ2n) is 8.92. The minimum atomic E-state index is -3.87. The number of fused-ring (bicyclic) bond motifs is 1. The Hall–Kier alpha value is -2.72. The molecular formula is C27H32N2O5S2. The van der Waals surface area contributed by atoms with E-state index in [2.05, 4.69) is 0 Å². The molecule has 9 heteroatoms. The van der Waals surface area contributed by atoms with Gasteiger partial charge in [-0.1, -0.05) is 35.4 Å². The number of benzene rings is 2. The number of sulfonamides is 1. The van der Waals surface area contributed by atoms with Crippen molar-refractivity contribution in [3.8, 4) is 5.75 Å². The van der Waals surface area contributed by atoms with E-state index >= 15 is 0 Å². The number of rotatable bonds is 10. The van der Waals surface area contributed by atoms with Crippen LogP contribution in [-0.2, 0) is 26.0 Å². The van der Waals surface area contributed by atoms with E-state index in [-0.39, 0.29) is 36.5 Å². The second kappa shape index (κ2) is 11.6. The van der Waals surface area contributed by atoms with Crippen molar-refractivity contribution in [2.24, 2.45) is 0 Å². The summed E-state index contributed by atoms with van der Waals surface area (Å²) in [6.07, 6.45) is 0.739. The summed E-state index contributed by atoms with van der Waals surface area (Å²) in [5, 5.41) is 2.03. The molecule has 0 spiro atoms. The van der Waals surface area contributed by atoms with Gasteiger partial charge in [0.05, 0.1) is 24.1 Å². The maximum Gasteiger partial charge on any atom is 0.243 e. The van der Waals surface area contributed by atoms with Crippen molar-refractivity contribution in [1.29, 1.82) is 0 Å². The molecule has 36 heavy (non-hydrogen) atoms. The largest absolute Gasteiger partial charge is 0.491 e. The van der Waals surface area contributed by atoms with E-state index in [4.69, 9.17) is 9.47 Å². The molecule has 2 heterocycles. The zero-order chi connectivity index (χ0) is 25.7. The van der Waals surface area contributed by atoms with Gasteiger partial charge in [0.15, 0.2) is 0 Å². The number of methoxy groups -OCH3 is 1. The van der Waals surface area contributed by atoms with Crippen molar-refractivity contribution >= 4 is 27.3 Å². The predicted octanol–water partition coefficient (Wildman–Crippen LogP) is 4.21. The number of aryl methyl sites for hydroxylation is 2. The SMILES string of the molecule is COCCN(CC(=O)N1CCc2sccc2[C@H]1COc1ccc(C)cc1)S(=O)(=O)c1ccc(C)cc1. The van der Waals surface area contributed by atoms with Crippen molar-refractivity contribution in [3.05, 3.63) is 81.5 Å². The Morgan fingerprint density at radius 2 is 1.72 bits per heavy atom. The summed E-state index contributed by atoms with van der Waals surface area (Å²) in [5.41, 5.74) is 3.17. The molecule has 1 aliphatic heterocycles. The standard InChI is InChI=1S/C27H32N2O5S2/c1-20-4-8-22(9-5-20)34-19-25-24-13-17-35-26(24)12-14-29(25)27(30)18-28(15-16-33-3)36(31,32)23-10-6-21(2)7-11-23/h4-11,13,17,25H,12,14-16,18-19H2,1-3H3/t25-/m1/s1. The van der Waals surface area contributed by atoms with Gasteiger partial charge >= 0.3 is 0 Å². The average Bonchev–Trinajstić information content (AvgIpc) is 3.35. The van der Waals surface area contributed by atoms with E-state index in [9.17, 15) is 13.2 Å². The minimum Gasteiger partial charge on any atom is -0.491 e. The van der Waals surface area contributed by atoms with Gasteiger partial charge in [-0.05, 0) is 61.5 Å². The van der Waals surface area contributed by atoms with Gasteiger partial charge in [-0.2, -0.15) is 4.31 Å². The molecular weight excluding hydrogens is 496 g/mol. The highest BCUT2D eigenvalue weighted by Crippen LogP contribution is 2.34. The third-order valence-corrected chi connectivity index (χ3v) is 9.22. The zero-order valence-corrected chi connectivity index (χ0v) is 22.5. The van der Waals surface area contributed by atoms with E-state index in [1.165, 1.54) is 16.3 Å². The first-order valence-corrected chi connectivity index (χ1v) is 14.2. The van der Waals surface area contributed by atoms with Gasteiger partial charge in [-0.3, -0.25) is 4.79 Å². The fraction of sp³-hybridized carbons (Fsp3) is 0.370. The molecule has 3 aromatic rings. The Labute approximate surface area is 217 Å². The van der Waals surface area contributed by atoms with Crippen LogP contribution in [0.15, 0.2) is 64.9 Å². The Kier molecular flexibility index (Phi) is 8.46. The lowest BCUT2D eigenvalue weighted by molar-refractivity contribution is -0.135. The first-order valence-electron chi connectivity index (χ1n) is 11.9. The van der Waals surface area contributed by atoms with Crippen LogP contribution in [0.4, 0.5) is 0 Å². The van der Waals surface area contributed by atoms with Gasteiger partial charge in [-0.15, -0.1) is 11.3 Å². The Bertz CT molecular complexity index is 1270. The topological polar surface area (TPSA) is 76.2 Å². The van der Waals surface area contributed by atoms with Gasteiger partial charge in [0, 0.05) is 25.1 Å². The molecule has 0 N–H and O–H groups in total. The first kappa shape index (κ1) is 26.3. The minimum absolute atomic E-state index is 0.0839. The summed E-state index contributed by atoms with van der Waals surface area (Å²) in [6, 6.07) is 16.2. The van der Waals surface area contributed by atoms with E-state index in [0.29, 0.717) is 13.2 Å². The summed E-state index contributed by atoms with van der Waals surface area (Å²) in [6.45, 7) is 4.73. The van der Waals surface area contributed by atoms with Gasteiger partial charge in [0.2, 0.25) is 15.9 Å². The third kappa shape index (κ3) is 5.98. The van der Waals surface area contributed by atoms with Crippen LogP contribution >= 0.6 is 11.3 Å². The highest BCUT2D eigenvalue weighted by molar-refractivity contribution is 7.89. The zero-order valence-electron chi connectivity index (χ0n) is 20.8. The highest BCUT2D eigenvalue weighted by atomic mass is 32.2. The number of amides is 1. The molecule has 0 saturated heterocycles.